The van der Waals surface area contributed by atoms with Gasteiger partial charge in [-0.05, 0) is 29.3 Å². The van der Waals surface area contributed by atoms with Gasteiger partial charge in [-0.2, -0.15) is 0 Å². The third kappa shape index (κ3) is 4.50. The molecule has 0 amide bonds. The predicted molar refractivity (Wildman–Crippen MR) is 99.4 cm³/mol. The van der Waals surface area contributed by atoms with E-state index in [0.29, 0.717) is 0 Å². The molecule has 3 heteroatoms. The van der Waals surface area contributed by atoms with Gasteiger partial charge in [0.1, 0.15) is 11.5 Å². The smallest absolute Gasteiger partial charge is 0.444 e. The molecular formula is C19H30O2Si. The molecule has 0 atom stereocenters. The first-order chi connectivity index (χ1) is 10.4. The molecule has 0 fully saturated rings. The van der Waals surface area contributed by atoms with Crippen LogP contribution in [0.4, 0.5) is 0 Å². The maximum absolute atomic E-state index is 6.01. The van der Waals surface area contributed by atoms with E-state index in [1.165, 1.54) is 36.5 Å². The van der Waals surface area contributed by atoms with Crippen molar-refractivity contribution in [1.29, 1.82) is 0 Å². The van der Waals surface area contributed by atoms with E-state index in [4.69, 9.17) is 8.85 Å². The molecule has 0 spiro atoms. The highest BCUT2D eigenvalue weighted by atomic mass is 28.3. The molecule has 0 radical (unpaired) electrons. The fraction of sp³-hybridized carbons (Fsp3) is 0.474. The summed E-state index contributed by atoms with van der Waals surface area (Å²) in [5.41, 5.74) is 0. The molecule has 3 rings (SSSR count). The van der Waals surface area contributed by atoms with Gasteiger partial charge in [-0.1, -0.05) is 71.7 Å². The number of fused-ring (bicyclic) bond motifs is 2. The normalized spacial score (nSPS) is 12.5. The standard InChI is InChI=1S/C16H20O2Si.C2H6.CH4/c1-2-3-4-7-10-19-17-15-11-13-8-5-6-9-14(13)12-16(15)18-19;1-2;/h5-6,8-9,11-12,19H,2-4,7,10H2,1H3;1-2H3;1H4. The fourth-order valence-electron chi connectivity index (χ4n) is 2.55. The van der Waals surface area contributed by atoms with Crippen LogP contribution in [0.3, 0.4) is 0 Å². The fourth-order valence-corrected chi connectivity index (χ4v) is 4.39. The van der Waals surface area contributed by atoms with Crippen LogP contribution in [0.15, 0.2) is 36.4 Å². The second-order valence-electron chi connectivity index (χ2n) is 5.16. The van der Waals surface area contributed by atoms with Gasteiger partial charge in [0.25, 0.3) is 0 Å². The predicted octanol–water partition coefficient (Wildman–Crippen LogP) is 6.07. The van der Waals surface area contributed by atoms with Gasteiger partial charge < -0.3 is 8.85 Å². The topological polar surface area (TPSA) is 18.5 Å². The zero-order valence-corrected chi connectivity index (χ0v) is 14.5. The van der Waals surface area contributed by atoms with Crippen molar-refractivity contribution in [2.24, 2.45) is 0 Å². The zero-order valence-electron chi connectivity index (χ0n) is 13.4. The minimum atomic E-state index is -1.50. The first kappa shape index (κ1) is 18.6. The third-order valence-corrected chi connectivity index (χ3v) is 5.54. The molecule has 1 aliphatic heterocycles. The summed E-state index contributed by atoms with van der Waals surface area (Å²) in [6.07, 6.45) is 5.13. The lowest BCUT2D eigenvalue weighted by molar-refractivity contribution is 0.489. The summed E-state index contributed by atoms with van der Waals surface area (Å²) in [6, 6.07) is 13.7. The first-order valence-electron chi connectivity index (χ1n) is 8.23. The molecule has 0 saturated heterocycles. The van der Waals surface area contributed by atoms with Gasteiger partial charge in [-0.25, -0.2) is 0 Å². The summed E-state index contributed by atoms with van der Waals surface area (Å²) in [6.45, 7) is 6.24. The van der Waals surface area contributed by atoms with E-state index in [2.05, 4.69) is 43.3 Å². The van der Waals surface area contributed by atoms with Crippen molar-refractivity contribution in [1.82, 2.24) is 0 Å². The second kappa shape index (κ2) is 9.52. The van der Waals surface area contributed by atoms with Crippen LogP contribution >= 0.6 is 0 Å². The van der Waals surface area contributed by atoms with Gasteiger partial charge in [0, 0.05) is 6.04 Å². The largest absolute Gasteiger partial charge is 0.511 e. The third-order valence-electron chi connectivity index (χ3n) is 3.62. The molecule has 0 N–H and O–H groups in total. The highest BCUT2D eigenvalue weighted by Gasteiger charge is 2.27. The lowest BCUT2D eigenvalue weighted by Gasteiger charge is -2.06. The van der Waals surface area contributed by atoms with Crippen molar-refractivity contribution in [2.75, 3.05) is 0 Å². The van der Waals surface area contributed by atoms with Gasteiger partial charge in [0.15, 0.2) is 0 Å². The monoisotopic (exact) mass is 318 g/mol. The molecule has 2 aromatic rings. The van der Waals surface area contributed by atoms with Crippen LogP contribution in [0.25, 0.3) is 10.8 Å². The van der Waals surface area contributed by atoms with E-state index in [1.54, 1.807) is 0 Å². The summed E-state index contributed by atoms with van der Waals surface area (Å²) in [5, 5.41) is 2.45. The van der Waals surface area contributed by atoms with E-state index in [0.717, 1.165) is 17.5 Å². The molecule has 0 unspecified atom stereocenters. The molecule has 0 saturated carbocycles. The van der Waals surface area contributed by atoms with Crippen LogP contribution in [0.1, 0.15) is 53.9 Å². The lowest BCUT2D eigenvalue weighted by atomic mass is 10.1. The highest BCUT2D eigenvalue weighted by molar-refractivity contribution is 6.47. The van der Waals surface area contributed by atoms with Crippen LogP contribution in [-0.4, -0.2) is 9.28 Å². The quantitative estimate of drug-likeness (QED) is 0.492. The van der Waals surface area contributed by atoms with Crippen molar-refractivity contribution >= 4 is 20.1 Å². The van der Waals surface area contributed by atoms with E-state index in [9.17, 15) is 0 Å². The van der Waals surface area contributed by atoms with Gasteiger partial charge >= 0.3 is 9.28 Å². The molecule has 1 aliphatic rings. The van der Waals surface area contributed by atoms with Crippen LogP contribution in [0.2, 0.25) is 6.04 Å². The van der Waals surface area contributed by atoms with Gasteiger partial charge in [0.2, 0.25) is 0 Å². The van der Waals surface area contributed by atoms with Crippen LogP contribution in [0.5, 0.6) is 11.5 Å². The van der Waals surface area contributed by atoms with E-state index in [-0.39, 0.29) is 7.43 Å². The zero-order chi connectivity index (χ0) is 15.1. The van der Waals surface area contributed by atoms with Crippen LogP contribution in [-0.2, 0) is 0 Å². The van der Waals surface area contributed by atoms with Crippen molar-refractivity contribution in [2.45, 2.75) is 59.9 Å². The summed E-state index contributed by atoms with van der Waals surface area (Å²) in [4.78, 5) is 0. The Morgan fingerprint density at radius 2 is 1.41 bits per heavy atom. The Morgan fingerprint density at radius 3 is 1.91 bits per heavy atom. The van der Waals surface area contributed by atoms with Crippen LogP contribution < -0.4 is 8.85 Å². The molecule has 1 heterocycles. The highest BCUT2D eigenvalue weighted by Crippen LogP contribution is 2.38. The Balaban J connectivity index is 0.000000775. The molecule has 0 bridgehead atoms. The number of benzene rings is 2. The second-order valence-corrected chi connectivity index (χ2v) is 7.07. The molecule has 122 valence electrons. The van der Waals surface area contributed by atoms with Crippen molar-refractivity contribution < 1.29 is 8.85 Å². The molecule has 0 aliphatic carbocycles. The summed E-state index contributed by atoms with van der Waals surface area (Å²) in [7, 11) is -1.50. The minimum Gasteiger partial charge on any atom is -0.511 e. The van der Waals surface area contributed by atoms with Crippen molar-refractivity contribution in [3.63, 3.8) is 0 Å². The minimum absolute atomic E-state index is 0. The summed E-state index contributed by atoms with van der Waals surface area (Å²) in [5.74, 6) is 1.90. The summed E-state index contributed by atoms with van der Waals surface area (Å²) >= 11 is 0. The molecule has 2 aromatic carbocycles. The number of rotatable bonds is 5. The SMILES string of the molecule is C.CC.CCCCCC[SiH]1Oc2cc3ccccc3cc2O1. The average Bonchev–Trinajstić information content (AvgIpc) is 2.92. The maximum atomic E-state index is 6.01. The number of hydrogen-bond acceptors (Lipinski definition) is 2. The Morgan fingerprint density at radius 1 is 0.864 bits per heavy atom. The average molecular weight is 319 g/mol. The molecular weight excluding hydrogens is 288 g/mol. The molecule has 22 heavy (non-hydrogen) atoms. The summed E-state index contributed by atoms with van der Waals surface area (Å²) < 4.78 is 12.0. The molecule has 0 aromatic heterocycles. The Hall–Kier alpha value is -1.48. The van der Waals surface area contributed by atoms with Gasteiger partial charge in [-0.15, -0.1) is 0 Å². The Kier molecular flexibility index (Phi) is 8.03. The van der Waals surface area contributed by atoms with Crippen molar-refractivity contribution in [3.05, 3.63) is 36.4 Å². The van der Waals surface area contributed by atoms with E-state index in [1.807, 2.05) is 13.8 Å². The van der Waals surface area contributed by atoms with Crippen LogP contribution in [0, 0.1) is 0 Å². The number of unbranched alkanes of at least 4 members (excludes halogenated alkanes) is 3. The van der Waals surface area contributed by atoms with Gasteiger partial charge in [0.05, 0.1) is 0 Å². The number of hydrogen-bond donors (Lipinski definition) is 0. The van der Waals surface area contributed by atoms with Crippen molar-refractivity contribution in [3.8, 4) is 11.5 Å². The van der Waals surface area contributed by atoms with Gasteiger partial charge in [-0.3, -0.25) is 0 Å². The maximum Gasteiger partial charge on any atom is 0.444 e. The Bertz CT molecular complexity index is 524. The Labute approximate surface area is 137 Å². The van der Waals surface area contributed by atoms with E-state index < -0.39 is 9.28 Å². The van der Waals surface area contributed by atoms with E-state index >= 15 is 0 Å². The molecule has 2 nitrogen and oxygen atoms in total. The lowest BCUT2D eigenvalue weighted by Crippen LogP contribution is -2.23. The first-order valence-corrected chi connectivity index (χ1v) is 9.99.